The van der Waals surface area contributed by atoms with Gasteiger partial charge in [0.15, 0.2) is 0 Å². The van der Waals surface area contributed by atoms with Gasteiger partial charge in [0, 0.05) is 10.9 Å². The first-order valence-corrected chi connectivity index (χ1v) is 8.11. The lowest BCUT2D eigenvalue weighted by Crippen LogP contribution is -2.27. The molecule has 1 aliphatic rings. The number of hydrogen-bond donors (Lipinski definition) is 1. The molecule has 0 unspecified atom stereocenters. The van der Waals surface area contributed by atoms with Crippen LogP contribution < -0.4 is 10.1 Å². The molecule has 0 heterocycles. The topological polar surface area (TPSA) is 21.3 Å². The highest BCUT2D eigenvalue weighted by atomic mass is 32.2. The van der Waals surface area contributed by atoms with Crippen molar-refractivity contribution >= 4 is 11.8 Å². The summed E-state index contributed by atoms with van der Waals surface area (Å²) in [5.74, 6) is 0.980. The van der Waals surface area contributed by atoms with Crippen molar-refractivity contribution in [1.29, 1.82) is 0 Å². The second-order valence-electron chi connectivity index (χ2n) is 4.81. The van der Waals surface area contributed by atoms with Gasteiger partial charge in [0.25, 0.3) is 0 Å². The Balaban J connectivity index is 1.56. The summed E-state index contributed by atoms with van der Waals surface area (Å²) in [5, 5.41) is 3.60. The molecule has 2 rings (SSSR count). The Kier molecular flexibility index (Phi) is 5.88. The lowest BCUT2D eigenvalue weighted by Gasteiger charge is -2.12. The smallest absolute Gasteiger partial charge is 0.119 e. The fourth-order valence-electron chi connectivity index (χ4n) is 2.37. The second kappa shape index (κ2) is 7.70. The van der Waals surface area contributed by atoms with E-state index in [-0.39, 0.29) is 0 Å². The van der Waals surface area contributed by atoms with Gasteiger partial charge in [-0.25, -0.2) is 0 Å². The highest BCUT2D eigenvalue weighted by Crippen LogP contribution is 2.19. The largest absolute Gasteiger partial charge is 0.494 e. The second-order valence-corrected chi connectivity index (χ2v) is 5.69. The normalized spacial score (nSPS) is 16.1. The zero-order valence-electron chi connectivity index (χ0n) is 11.2. The van der Waals surface area contributed by atoms with E-state index in [0.717, 1.165) is 31.4 Å². The molecule has 1 aromatic carbocycles. The quantitative estimate of drug-likeness (QED) is 0.600. The SMILES string of the molecule is CSc1ccc(OCCCNC2CCCC2)cc1. The molecule has 0 atom stereocenters. The average Bonchev–Trinajstić information content (AvgIpc) is 2.92. The maximum absolute atomic E-state index is 5.72. The molecule has 1 N–H and O–H groups in total. The number of nitrogens with one attached hydrogen (secondary N) is 1. The molecule has 3 heteroatoms. The van der Waals surface area contributed by atoms with Crippen LogP contribution in [0.5, 0.6) is 5.75 Å². The van der Waals surface area contributed by atoms with E-state index in [1.807, 2.05) is 0 Å². The van der Waals surface area contributed by atoms with Crippen molar-refractivity contribution in [3.05, 3.63) is 24.3 Å². The van der Waals surface area contributed by atoms with Gasteiger partial charge in [0.2, 0.25) is 0 Å². The standard InChI is InChI=1S/C15H23NOS/c1-18-15-9-7-14(8-10-15)17-12-4-11-16-13-5-2-3-6-13/h7-10,13,16H,2-6,11-12H2,1H3. The van der Waals surface area contributed by atoms with Crippen LogP contribution in [0.1, 0.15) is 32.1 Å². The van der Waals surface area contributed by atoms with Gasteiger partial charge < -0.3 is 10.1 Å². The third-order valence-corrected chi connectivity index (χ3v) is 4.18. The van der Waals surface area contributed by atoms with Crippen molar-refractivity contribution in [3.63, 3.8) is 0 Å². The summed E-state index contributed by atoms with van der Waals surface area (Å²) in [7, 11) is 0. The number of ether oxygens (including phenoxy) is 1. The molecular weight excluding hydrogens is 242 g/mol. The van der Waals surface area contributed by atoms with Gasteiger partial charge in [0.05, 0.1) is 6.61 Å². The van der Waals surface area contributed by atoms with Crippen LogP contribution >= 0.6 is 11.8 Å². The minimum absolute atomic E-state index is 0.769. The van der Waals surface area contributed by atoms with Gasteiger partial charge in [-0.15, -0.1) is 11.8 Å². The van der Waals surface area contributed by atoms with E-state index >= 15 is 0 Å². The van der Waals surface area contributed by atoms with Crippen LogP contribution in [-0.4, -0.2) is 25.4 Å². The molecule has 0 amide bonds. The van der Waals surface area contributed by atoms with Gasteiger partial charge in [-0.2, -0.15) is 0 Å². The molecule has 1 aliphatic carbocycles. The Morgan fingerprint density at radius 1 is 1.22 bits per heavy atom. The van der Waals surface area contributed by atoms with Crippen molar-refractivity contribution in [2.75, 3.05) is 19.4 Å². The summed E-state index contributed by atoms with van der Waals surface area (Å²) >= 11 is 1.76. The zero-order chi connectivity index (χ0) is 12.6. The van der Waals surface area contributed by atoms with E-state index in [4.69, 9.17) is 4.74 Å². The van der Waals surface area contributed by atoms with Crippen LogP contribution in [0.3, 0.4) is 0 Å². The monoisotopic (exact) mass is 265 g/mol. The van der Waals surface area contributed by atoms with Gasteiger partial charge >= 0.3 is 0 Å². The fourth-order valence-corrected chi connectivity index (χ4v) is 2.78. The molecule has 2 nitrogen and oxygen atoms in total. The van der Waals surface area contributed by atoms with Gasteiger partial charge in [-0.1, -0.05) is 12.8 Å². The highest BCUT2D eigenvalue weighted by molar-refractivity contribution is 7.98. The first-order valence-electron chi connectivity index (χ1n) is 6.89. The third kappa shape index (κ3) is 4.54. The van der Waals surface area contributed by atoms with Crippen molar-refractivity contribution in [2.45, 2.75) is 43.0 Å². The number of thioether (sulfide) groups is 1. The summed E-state index contributed by atoms with van der Waals surface area (Å²) in [6, 6.07) is 9.09. The van der Waals surface area contributed by atoms with Crippen molar-refractivity contribution in [3.8, 4) is 5.75 Å². The van der Waals surface area contributed by atoms with E-state index in [9.17, 15) is 0 Å². The molecule has 1 fully saturated rings. The molecular formula is C15H23NOS. The lowest BCUT2D eigenvalue weighted by molar-refractivity contribution is 0.304. The molecule has 0 bridgehead atoms. The Morgan fingerprint density at radius 2 is 1.94 bits per heavy atom. The molecule has 1 aromatic rings. The Labute approximate surface area is 114 Å². The Hall–Kier alpha value is -0.670. The van der Waals surface area contributed by atoms with Crippen LogP contribution in [0.4, 0.5) is 0 Å². The van der Waals surface area contributed by atoms with E-state index in [1.165, 1.54) is 30.6 Å². The van der Waals surface area contributed by atoms with E-state index < -0.39 is 0 Å². The predicted octanol–water partition coefficient (Wildman–Crippen LogP) is 3.71. The van der Waals surface area contributed by atoms with Crippen molar-refractivity contribution < 1.29 is 4.74 Å². The van der Waals surface area contributed by atoms with E-state index in [0.29, 0.717) is 0 Å². The van der Waals surface area contributed by atoms with E-state index in [2.05, 4.69) is 35.8 Å². The minimum atomic E-state index is 0.769. The van der Waals surface area contributed by atoms with Crippen molar-refractivity contribution in [2.24, 2.45) is 0 Å². The van der Waals surface area contributed by atoms with Crippen LogP contribution in [0.15, 0.2) is 29.2 Å². The summed E-state index contributed by atoms with van der Waals surface area (Å²) in [6.07, 6.45) is 8.69. The predicted molar refractivity (Wildman–Crippen MR) is 78.6 cm³/mol. The number of benzene rings is 1. The average molecular weight is 265 g/mol. The Morgan fingerprint density at radius 3 is 2.61 bits per heavy atom. The molecule has 0 spiro atoms. The van der Waals surface area contributed by atoms with Crippen LogP contribution in [0.2, 0.25) is 0 Å². The molecule has 100 valence electrons. The highest BCUT2D eigenvalue weighted by Gasteiger charge is 2.13. The summed E-state index contributed by atoms with van der Waals surface area (Å²) in [4.78, 5) is 1.28. The molecule has 0 radical (unpaired) electrons. The third-order valence-electron chi connectivity index (χ3n) is 3.44. The van der Waals surface area contributed by atoms with Crippen LogP contribution in [0, 0.1) is 0 Å². The number of rotatable bonds is 7. The fraction of sp³-hybridized carbons (Fsp3) is 0.600. The molecule has 0 aliphatic heterocycles. The van der Waals surface area contributed by atoms with Gasteiger partial charge in [-0.05, 0) is 56.3 Å². The molecule has 18 heavy (non-hydrogen) atoms. The van der Waals surface area contributed by atoms with Gasteiger partial charge in [0.1, 0.15) is 5.75 Å². The number of hydrogen-bond acceptors (Lipinski definition) is 3. The Bertz CT molecular complexity index is 333. The maximum Gasteiger partial charge on any atom is 0.119 e. The molecule has 0 aromatic heterocycles. The summed E-state index contributed by atoms with van der Waals surface area (Å²) < 4.78 is 5.72. The zero-order valence-corrected chi connectivity index (χ0v) is 12.0. The minimum Gasteiger partial charge on any atom is -0.494 e. The first-order chi connectivity index (χ1) is 8.88. The lowest BCUT2D eigenvalue weighted by atomic mass is 10.2. The molecule has 0 saturated heterocycles. The molecule has 1 saturated carbocycles. The first kappa shape index (κ1) is 13.8. The van der Waals surface area contributed by atoms with Crippen molar-refractivity contribution in [1.82, 2.24) is 5.32 Å². The van der Waals surface area contributed by atoms with Crippen LogP contribution in [0.25, 0.3) is 0 Å². The summed E-state index contributed by atoms with van der Waals surface area (Å²) in [6.45, 7) is 1.88. The maximum atomic E-state index is 5.72. The van der Waals surface area contributed by atoms with E-state index in [1.54, 1.807) is 11.8 Å². The van der Waals surface area contributed by atoms with Gasteiger partial charge in [-0.3, -0.25) is 0 Å². The summed E-state index contributed by atoms with van der Waals surface area (Å²) in [5.41, 5.74) is 0. The van der Waals surface area contributed by atoms with Crippen LogP contribution in [-0.2, 0) is 0 Å².